The zero-order valence-electron chi connectivity index (χ0n) is 19.1. The molecule has 4 heterocycles. The summed E-state index contributed by atoms with van der Waals surface area (Å²) in [7, 11) is 0. The SMILES string of the molecule is Cc1nc2ccccc2n1CCNc1nc(CN2CCOCC2)nc2sc3c(c12)CCCC3. The standard InChI is InChI=1S/C25H30N6OS/c1-17-27-19-7-3-4-8-20(19)31(17)11-10-26-24-23-18-6-2-5-9-21(18)33-25(23)29-22(28-24)16-30-12-14-32-15-13-30/h3-4,7-8H,2,5-6,9-16H2,1H3,(H,26,28,29). The molecule has 0 spiro atoms. The van der Waals surface area contributed by atoms with Crippen LogP contribution in [0.4, 0.5) is 5.82 Å². The first-order valence-electron chi connectivity index (χ1n) is 12.0. The van der Waals surface area contributed by atoms with Gasteiger partial charge in [0.1, 0.15) is 22.3 Å². The Morgan fingerprint density at radius 1 is 1.06 bits per heavy atom. The van der Waals surface area contributed by atoms with Crippen LogP contribution >= 0.6 is 11.3 Å². The molecule has 2 aliphatic rings. The van der Waals surface area contributed by atoms with Gasteiger partial charge in [-0.15, -0.1) is 11.3 Å². The number of morpholine rings is 1. The van der Waals surface area contributed by atoms with E-state index >= 15 is 0 Å². The summed E-state index contributed by atoms with van der Waals surface area (Å²) in [5.41, 5.74) is 3.72. The summed E-state index contributed by atoms with van der Waals surface area (Å²) in [6.45, 7) is 7.98. The minimum Gasteiger partial charge on any atom is -0.379 e. The molecule has 7 nitrogen and oxygen atoms in total. The molecule has 4 aromatic rings. The van der Waals surface area contributed by atoms with Crippen molar-refractivity contribution in [3.05, 3.63) is 46.4 Å². The molecular weight excluding hydrogens is 432 g/mol. The van der Waals surface area contributed by atoms with Crippen LogP contribution in [0.1, 0.15) is 34.9 Å². The van der Waals surface area contributed by atoms with Gasteiger partial charge in [0.25, 0.3) is 0 Å². The van der Waals surface area contributed by atoms with Crippen molar-refractivity contribution in [3.8, 4) is 0 Å². The Bertz CT molecular complexity index is 1290. The highest BCUT2D eigenvalue weighted by atomic mass is 32.1. The van der Waals surface area contributed by atoms with Gasteiger partial charge in [0, 0.05) is 31.1 Å². The Kier molecular flexibility index (Phi) is 5.73. The predicted molar refractivity (Wildman–Crippen MR) is 133 cm³/mol. The predicted octanol–water partition coefficient (Wildman–Crippen LogP) is 4.17. The van der Waals surface area contributed by atoms with E-state index in [0.29, 0.717) is 0 Å². The lowest BCUT2D eigenvalue weighted by Gasteiger charge is -2.25. The van der Waals surface area contributed by atoms with Crippen molar-refractivity contribution in [2.24, 2.45) is 0 Å². The number of fused-ring (bicyclic) bond motifs is 4. The Balaban J connectivity index is 1.29. The quantitative estimate of drug-likeness (QED) is 0.464. The van der Waals surface area contributed by atoms with E-state index in [0.717, 1.165) is 80.2 Å². The third kappa shape index (κ3) is 4.11. The van der Waals surface area contributed by atoms with E-state index < -0.39 is 0 Å². The molecule has 0 unspecified atom stereocenters. The minimum absolute atomic E-state index is 0.780. The van der Waals surface area contributed by atoms with E-state index in [-0.39, 0.29) is 0 Å². The smallest absolute Gasteiger partial charge is 0.146 e. The number of thiophene rings is 1. The van der Waals surface area contributed by atoms with Gasteiger partial charge in [-0.1, -0.05) is 12.1 Å². The molecule has 0 amide bonds. The highest BCUT2D eigenvalue weighted by molar-refractivity contribution is 7.19. The fourth-order valence-corrected chi connectivity index (χ4v) is 6.40. The maximum absolute atomic E-state index is 5.51. The van der Waals surface area contributed by atoms with Crippen molar-refractivity contribution >= 4 is 38.4 Å². The lowest BCUT2D eigenvalue weighted by atomic mass is 9.97. The molecule has 0 saturated carbocycles. The molecule has 0 bridgehead atoms. The second-order valence-electron chi connectivity index (χ2n) is 8.99. The molecule has 3 aromatic heterocycles. The highest BCUT2D eigenvalue weighted by Crippen LogP contribution is 2.38. The van der Waals surface area contributed by atoms with Crippen LogP contribution in [0, 0.1) is 6.92 Å². The zero-order valence-corrected chi connectivity index (χ0v) is 20.0. The van der Waals surface area contributed by atoms with Crippen molar-refractivity contribution in [3.63, 3.8) is 0 Å². The van der Waals surface area contributed by atoms with Gasteiger partial charge in [0.2, 0.25) is 0 Å². The Morgan fingerprint density at radius 3 is 2.82 bits per heavy atom. The molecule has 1 aliphatic heterocycles. The average molecular weight is 463 g/mol. The highest BCUT2D eigenvalue weighted by Gasteiger charge is 2.22. The van der Waals surface area contributed by atoms with E-state index in [9.17, 15) is 0 Å². The maximum Gasteiger partial charge on any atom is 0.146 e. The number of aryl methyl sites for hydroxylation is 3. The average Bonchev–Trinajstić information content (AvgIpc) is 3.36. The number of hydrogen-bond acceptors (Lipinski definition) is 7. The Labute approximate surface area is 197 Å². The fraction of sp³-hybridized carbons (Fsp3) is 0.480. The summed E-state index contributed by atoms with van der Waals surface area (Å²) >= 11 is 1.88. The molecule has 6 rings (SSSR count). The number of ether oxygens (including phenoxy) is 1. The number of rotatable bonds is 6. The van der Waals surface area contributed by atoms with Crippen LogP contribution in [-0.4, -0.2) is 57.3 Å². The molecule has 0 atom stereocenters. The van der Waals surface area contributed by atoms with Gasteiger partial charge in [-0.05, 0) is 50.3 Å². The lowest BCUT2D eigenvalue weighted by Crippen LogP contribution is -2.36. The van der Waals surface area contributed by atoms with Crippen LogP contribution < -0.4 is 5.32 Å². The van der Waals surface area contributed by atoms with Crippen LogP contribution in [0.5, 0.6) is 0 Å². The molecule has 1 saturated heterocycles. The Morgan fingerprint density at radius 2 is 1.91 bits per heavy atom. The van der Waals surface area contributed by atoms with Crippen molar-refractivity contribution in [1.29, 1.82) is 0 Å². The third-order valence-electron chi connectivity index (χ3n) is 6.80. The molecular formula is C25H30N6OS. The number of aromatic nitrogens is 4. The van der Waals surface area contributed by atoms with Gasteiger partial charge in [0.15, 0.2) is 0 Å². The maximum atomic E-state index is 5.51. The van der Waals surface area contributed by atoms with Gasteiger partial charge < -0.3 is 14.6 Å². The molecule has 33 heavy (non-hydrogen) atoms. The van der Waals surface area contributed by atoms with Crippen LogP contribution in [0.2, 0.25) is 0 Å². The first-order valence-corrected chi connectivity index (χ1v) is 12.8. The molecule has 1 N–H and O–H groups in total. The summed E-state index contributed by atoms with van der Waals surface area (Å²) in [6, 6.07) is 8.35. The summed E-state index contributed by atoms with van der Waals surface area (Å²) in [5.74, 6) is 2.96. The van der Waals surface area contributed by atoms with Crippen molar-refractivity contribution in [1.82, 2.24) is 24.4 Å². The van der Waals surface area contributed by atoms with Crippen molar-refractivity contribution < 1.29 is 4.74 Å². The van der Waals surface area contributed by atoms with Gasteiger partial charge in [-0.3, -0.25) is 4.90 Å². The number of anilines is 1. The summed E-state index contributed by atoms with van der Waals surface area (Å²) in [6.07, 6.45) is 4.86. The largest absolute Gasteiger partial charge is 0.379 e. The molecule has 1 aromatic carbocycles. The lowest BCUT2D eigenvalue weighted by molar-refractivity contribution is 0.0331. The molecule has 1 fully saturated rings. The number of hydrogen-bond donors (Lipinski definition) is 1. The van der Waals surface area contributed by atoms with E-state index in [2.05, 4.69) is 39.9 Å². The van der Waals surface area contributed by atoms with Gasteiger partial charge in [-0.2, -0.15) is 0 Å². The van der Waals surface area contributed by atoms with Crippen molar-refractivity contribution in [2.75, 3.05) is 38.2 Å². The fourth-order valence-electron chi connectivity index (χ4n) is 5.12. The second-order valence-corrected chi connectivity index (χ2v) is 10.1. The number of imidazole rings is 1. The van der Waals surface area contributed by atoms with Gasteiger partial charge in [0.05, 0.1) is 36.2 Å². The number of benzene rings is 1. The summed E-state index contributed by atoms with van der Waals surface area (Å²) < 4.78 is 7.81. The van der Waals surface area contributed by atoms with Crippen LogP contribution in [-0.2, 0) is 30.7 Å². The first-order chi connectivity index (χ1) is 16.3. The minimum atomic E-state index is 0.780. The van der Waals surface area contributed by atoms with Crippen LogP contribution in [0.25, 0.3) is 21.3 Å². The molecule has 1 aliphatic carbocycles. The first kappa shape index (κ1) is 21.0. The molecule has 0 radical (unpaired) electrons. The second kappa shape index (κ2) is 9.00. The van der Waals surface area contributed by atoms with Crippen LogP contribution in [0.15, 0.2) is 24.3 Å². The van der Waals surface area contributed by atoms with Gasteiger partial charge >= 0.3 is 0 Å². The third-order valence-corrected chi connectivity index (χ3v) is 7.99. The number of para-hydroxylation sites is 2. The van der Waals surface area contributed by atoms with E-state index in [1.807, 2.05) is 17.4 Å². The van der Waals surface area contributed by atoms with E-state index in [1.54, 1.807) is 0 Å². The topological polar surface area (TPSA) is 68.1 Å². The van der Waals surface area contributed by atoms with E-state index in [1.165, 1.54) is 40.6 Å². The summed E-state index contributed by atoms with van der Waals surface area (Å²) in [4.78, 5) is 19.8. The normalized spacial score (nSPS) is 17.0. The molecule has 172 valence electrons. The molecule has 8 heteroatoms. The monoisotopic (exact) mass is 462 g/mol. The van der Waals surface area contributed by atoms with E-state index in [4.69, 9.17) is 19.7 Å². The summed E-state index contributed by atoms with van der Waals surface area (Å²) in [5, 5.41) is 4.95. The number of nitrogens with zero attached hydrogens (tertiary/aromatic N) is 5. The van der Waals surface area contributed by atoms with Crippen LogP contribution in [0.3, 0.4) is 0 Å². The number of nitrogens with one attached hydrogen (secondary N) is 1. The zero-order chi connectivity index (χ0) is 22.2. The van der Waals surface area contributed by atoms with Crippen molar-refractivity contribution in [2.45, 2.75) is 45.7 Å². The Hall–Kier alpha value is -2.55. The van der Waals surface area contributed by atoms with Gasteiger partial charge in [-0.25, -0.2) is 15.0 Å².